The molecule has 0 aliphatic carbocycles. The summed E-state index contributed by atoms with van der Waals surface area (Å²) >= 11 is 5.28. The van der Waals surface area contributed by atoms with Crippen molar-refractivity contribution in [2.45, 2.75) is 26.8 Å². The summed E-state index contributed by atoms with van der Waals surface area (Å²) in [6, 6.07) is 5.71. The zero-order valence-corrected chi connectivity index (χ0v) is 22.3. The van der Waals surface area contributed by atoms with Gasteiger partial charge in [-0.2, -0.15) is 0 Å². The molecule has 0 bridgehead atoms. The van der Waals surface area contributed by atoms with E-state index in [1.54, 1.807) is 39.2 Å². The number of hydrogen-bond acceptors (Lipinski definition) is 7. The minimum absolute atomic E-state index is 0. The van der Waals surface area contributed by atoms with Crippen LogP contribution in [0, 0.1) is 0 Å². The Kier molecular flexibility index (Phi) is 26.8. The molecule has 0 atom stereocenters. The summed E-state index contributed by atoms with van der Waals surface area (Å²) in [7, 11) is 1.99. The molecule has 0 aliphatic heterocycles. The van der Waals surface area contributed by atoms with E-state index in [2.05, 4.69) is 4.99 Å². The molecule has 1 aromatic rings. The van der Waals surface area contributed by atoms with Crippen LogP contribution in [0.5, 0.6) is 11.5 Å². The normalized spacial score (nSPS) is 9.72. The molecule has 0 fully saturated rings. The maximum Gasteiger partial charge on any atom is 0.300 e. The molecule has 0 unspecified atom stereocenters. The molecule has 7 nitrogen and oxygen atoms in total. The fourth-order valence-corrected chi connectivity index (χ4v) is 1.77. The van der Waals surface area contributed by atoms with E-state index in [0.29, 0.717) is 16.5 Å². The molecular formula is C18H32NO6PdS3-. The van der Waals surface area contributed by atoms with E-state index in [-0.39, 0.29) is 26.5 Å². The van der Waals surface area contributed by atoms with Crippen molar-refractivity contribution in [2.24, 2.45) is 4.99 Å². The average molecular weight is 561 g/mol. The molecule has 0 saturated carbocycles. The van der Waals surface area contributed by atoms with Crippen LogP contribution >= 0.6 is 0 Å². The van der Waals surface area contributed by atoms with Gasteiger partial charge in [0.05, 0.1) is 19.8 Å². The Morgan fingerprint density at radius 2 is 1.31 bits per heavy atom. The van der Waals surface area contributed by atoms with Gasteiger partial charge in [0.25, 0.3) is 5.97 Å². The molecule has 0 spiro atoms. The first-order valence-corrected chi connectivity index (χ1v) is 12.3. The number of carboxylic acid groups (broad SMARTS) is 1. The SMILES string of the molecule is CC(=O)O.COc1cccc(OC)c1C([S-])=NC(C)C.CS(C)=O.CS(C)=O.[Pd]. The van der Waals surface area contributed by atoms with Crippen LogP contribution in [-0.4, -0.2) is 69.8 Å². The number of methoxy groups -OCH3 is 2. The van der Waals surface area contributed by atoms with Crippen molar-refractivity contribution in [3.05, 3.63) is 23.8 Å². The van der Waals surface area contributed by atoms with Crippen LogP contribution in [0.3, 0.4) is 0 Å². The van der Waals surface area contributed by atoms with Gasteiger partial charge < -0.3 is 32.2 Å². The van der Waals surface area contributed by atoms with E-state index >= 15 is 0 Å². The minimum Gasteiger partial charge on any atom is -0.760 e. The van der Waals surface area contributed by atoms with Gasteiger partial charge in [0.15, 0.2) is 0 Å². The Morgan fingerprint density at radius 3 is 1.52 bits per heavy atom. The molecule has 0 heterocycles. The molecule has 0 radical (unpaired) electrons. The molecule has 29 heavy (non-hydrogen) atoms. The van der Waals surface area contributed by atoms with Gasteiger partial charge in [0, 0.05) is 80.0 Å². The van der Waals surface area contributed by atoms with Gasteiger partial charge in [0.1, 0.15) is 11.5 Å². The average Bonchev–Trinajstić information content (AvgIpc) is 2.51. The van der Waals surface area contributed by atoms with Gasteiger partial charge in [0.2, 0.25) is 0 Å². The van der Waals surface area contributed by atoms with Gasteiger partial charge in [-0.05, 0) is 26.0 Å². The Balaban J connectivity index is -0.000000199. The predicted octanol–water partition coefficient (Wildman–Crippen LogP) is 2.48. The van der Waals surface area contributed by atoms with Crippen LogP contribution in [0.25, 0.3) is 0 Å². The van der Waals surface area contributed by atoms with E-state index in [1.807, 2.05) is 32.0 Å². The fourth-order valence-electron chi connectivity index (χ4n) is 1.36. The smallest absolute Gasteiger partial charge is 0.300 e. The van der Waals surface area contributed by atoms with Crippen molar-refractivity contribution in [3.63, 3.8) is 0 Å². The number of rotatable bonds is 4. The molecule has 0 amide bonds. The van der Waals surface area contributed by atoms with Crippen LogP contribution in [0.1, 0.15) is 26.3 Å². The third-order valence-corrected chi connectivity index (χ3v) is 2.33. The number of carboxylic acids is 1. The maximum atomic E-state index is 9.56. The molecule has 11 heteroatoms. The third kappa shape index (κ3) is 27.1. The van der Waals surface area contributed by atoms with Crippen LogP contribution in [0.2, 0.25) is 0 Å². The van der Waals surface area contributed by atoms with Crippen molar-refractivity contribution < 1.29 is 48.2 Å². The van der Waals surface area contributed by atoms with E-state index in [9.17, 15) is 8.42 Å². The van der Waals surface area contributed by atoms with Crippen molar-refractivity contribution in [2.75, 3.05) is 39.2 Å². The zero-order valence-electron chi connectivity index (χ0n) is 18.3. The van der Waals surface area contributed by atoms with Crippen molar-refractivity contribution in [1.82, 2.24) is 0 Å². The van der Waals surface area contributed by atoms with Crippen molar-refractivity contribution >= 4 is 45.2 Å². The molecule has 0 aromatic heterocycles. The van der Waals surface area contributed by atoms with Gasteiger partial charge in [-0.15, -0.1) is 0 Å². The number of aliphatic imine (C=N–C) groups is 1. The van der Waals surface area contributed by atoms with Gasteiger partial charge in [-0.1, -0.05) is 11.1 Å². The van der Waals surface area contributed by atoms with E-state index < -0.39 is 27.6 Å². The maximum absolute atomic E-state index is 9.56. The van der Waals surface area contributed by atoms with E-state index in [0.717, 1.165) is 12.5 Å². The molecule has 0 aliphatic rings. The number of aliphatic carboxylic acids is 1. The van der Waals surface area contributed by atoms with E-state index in [1.165, 1.54) is 0 Å². The molecule has 1 aromatic carbocycles. The number of benzene rings is 1. The summed E-state index contributed by atoms with van der Waals surface area (Å²) < 4.78 is 29.6. The van der Waals surface area contributed by atoms with Gasteiger partial charge in [-0.25, -0.2) is 0 Å². The molecule has 1 rings (SSSR count). The van der Waals surface area contributed by atoms with Crippen LogP contribution < -0.4 is 9.47 Å². The van der Waals surface area contributed by atoms with Crippen LogP contribution in [0.15, 0.2) is 23.2 Å². The second-order valence-corrected chi connectivity index (χ2v) is 8.92. The van der Waals surface area contributed by atoms with Crippen LogP contribution in [0.4, 0.5) is 0 Å². The summed E-state index contributed by atoms with van der Waals surface area (Å²) in [5.74, 6) is 0.544. The predicted molar refractivity (Wildman–Crippen MR) is 122 cm³/mol. The summed E-state index contributed by atoms with van der Waals surface area (Å²) in [6.07, 6.45) is 6.56. The largest absolute Gasteiger partial charge is 0.760 e. The first-order valence-electron chi connectivity index (χ1n) is 7.95. The topological polar surface area (TPSA) is 102 Å². The second kappa shape index (κ2) is 21.8. The number of hydrogen-bond donors (Lipinski definition) is 1. The third-order valence-electron chi connectivity index (χ3n) is 2.02. The summed E-state index contributed by atoms with van der Waals surface area (Å²) in [6.45, 7) is 5.04. The second-order valence-electron chi connectivity index (χ2n) is 5.57. The zero-order chi connectivity index (χ0) is 22.9. The number of carbonyl (C=O) groups is 1. The molecule has 1 N–H and O–H groups in total. The molecule has 174 valence electrons. The summed E-state index contributed by atoms with van der Waals surface area (Å²) in [4.78, 5) is 13.3. The summed E-state index contributed by atoms with van der Waals surface area (Å²) in [5, 5.41) is 7.93. The summed E-state index contributed by atoms with van der Waals surface area (Å²) in [5.41, 5.74) is 0.746. The minimum atomic E-state index is -0.833. The Hall–Kier alpha value is -0.858. The van der Waals surface area contributed by atoms with Gasteiger partial charge in [-0.3, -0.25) is 13.2 Å². The number of nitrogens with zero attached hydrogens (tertiary/aromatic N) is 1. The van der Waals surface area contributed by atoms with Gasteiger partial charge >= 0.3 is 0 Å². The number of ether oxygens (including phenoxy) is 2. The van der Waals surface area contributed by atoms with E-state index in [4.69, 9.17) is 32.0 Å². The molecular weight excluding hydrogens is 529 g/mol. The van der Waals surface area contributed by atoms with Crippen LogP contribution in [-0.2, 0) is 59.4 Å². The molecule has 0 saturated heterocycles. The van der Waals surface area contributed by atoms with Crippen molar-refractivity contribution in [3.8, 4) is 11.5 Å². The Labute approximate surface area is 199 Å². The fraction of sp³-hybridized carbons (Fsp3) is 0.556. The Bertz CT molecular complexity index is 592. The monoisotopic (exact) mass is 560 g/mol. The first-order chi connectivity index (χ1) is 12.8. The standard InChI is InChI=1S/C12H17NO2S.C2H4O2.2C2H6OS.Pd/c1-8(2)13-12(16)11-9(14-3)6-5-7-10(11)15-4;1-2(3)4;2*1-4(2)3;/h5-8H,1-4H3,(H,13,16);1H3,(H,3,4);2*1-2H3;/p-1. The van der Waals surface area contributed by atoms with Crippen molar-refractivity contribution in [1.29, 1.82) is 0 Å². The Morgan fingerprint density at radius 1 is 1.03 bits per heavy atom. The quantitative estimate of drug-likeness (QED) is 0.261. The first kappa shape index (κ1) is 35.6.